The molecule has 1 aromatic rings. The van der Waals surface area contributed by atoms with Gasteiger partial charge in [-0.05, 0) is 38.1 Å². The van der Waals surface area contributed by atoms with E-state index in [9.17, 15) is 18.3 Å². The molecule has 1 aliphatic heterocycles. The summed E-state index contributed by atoms with van der Waals surface area (Å²) in [5, 5.41) is 12.2. The molecule has 0 bridgehead atoms. The van der Waals surface area contributed by atoms with Crippen LogP contribution in [0.15, 0.2) is 23.1 Å². The van der Waals surface area contributed by atoms with Crippen molar-refractivity contribution < 1.29 is 23.1 Å². The third-order valence-electron chi connectivity index (χ3n) is 3.34. The summed E-state index contributed by atoms with van der Waals surface area (Å²) in [7, 11) is -2.39. The van der Waals surface area contributed by atoms with Gasteiger partial charge in [0.25, 0.3) is 0 Å². The highest BCUT2D eigenvalue weighted by atomic mass is 32.2. The summed E-state index contributed by atoms with van der Waals surface area (Å²) >= 11 is 0. The van der Waals surface area contributed by atoms with Crippen LogP contribution < -0.4 is 10.0 Å². The molecule has 7 nitrogen and oxygen atoms in total. The lowest BCUT2D eigenvalue weighted by Crippen LogP contribution is -2.21. The molecule has 8 heteroatoms. The summed E-state index contributed by atoms with van der Waals surface area (Å²) in [5.41, 5.74) is 0.303. The monoisotopic (exact) mass is 314 g/mol. The van der Waals surface area contributed by atoms with E-state index in [2.05, 4.69) is 10.0 Å². The molecule has 0 amide bonds. The van der Waals surface area contributed by atoms with Crippen LogP contribution in [0.5, 0.6) is 0 Å². The number of sulfonamides is 1. The molecule has 1 saturated heterocycles. The molecule has 116 valence electrons. The highest BCUT2D eigenvalue weighted by Gasteiger charge is 2.19. The molecule has 3 N–H and O–H groups in total. The zero-order valence-electron chi connectivity index (χ0n) is 11.6. The minimum atomic E-state index is -3.67. The van der Waals surface area contributed by atoms with Gasteiger partial charge >= 0.3 is 5.97 Å². The zero-order valence-corrected chi connectivity index (χ0v) is 12.4. The molecule has 0 spiro atoms. The van der Waals surface area contributed by atoms with Crippen molar-refractivity contribution in [3.05, 3.63) is 23.8 Å². The second kappa shape index (κ2) is 6.42. The Morgan fingerprint density at radius 1 is 1.48 bits per heavy atom. The van der Waals surface area contributed by atoms with Crippen molar-refractivity contribution in [2.24, 2.45) is 0 Å². The van der Waals surface area contributed by atoms with Gasteiger partial charge in [-0.2, -0.15) is 0 Å². The zero-order chi connectivity index (χ0) is 15.5. The fraction of sp³-hybridized carbons (Fsp3) is 0.462. The van der Waals surface area contributed by atoms with Gasteiger partial charge in [-0.25, -0.2) is 17.9 Å². The lowest BCUT2D eigenvalue weighted by atomic mass is 10.1. The van der Waals surface area contributed by atoms with Crippen LogP contribution in [0.25, 0.3) is 0 Å². The van der Waals surface area contributed by atoms with Crippen LogP contribution in [0.2, 0.25) is 0 Å². The number of nitrogens with one attached hydrogen (secondary N) is 2. The molecule has 0 unspecified atom stereocenters. The third-order valence-corrected chi connectivity index (χ3v) is 4.76. The summed E-state index contributed by atoms with van der Waals surface area (Å²) in [6.45, 7) is 1.22. The maximum absolute atomic E-state index is 11.7. The van der Waals surface area contributed by atoms with E-state index in [4.69, 9.17) is 4.74 Å². The number of aromatic carboxylic acids is 1. The summed E-state index contributed by atoms with van der Waals surface area (Å²) in [6, 6.07) is 3.98. The number of carboxylic acids is 1. The average molecular weight is 314 g/mol. The van der Waals surface area contributed by atoms with Crippen LogP contribution in [0, 0.1) is 0 Å². The smallest absolute Gasteiger partial charge is 0.337 e. The Labute approximate surface area is 123 Å². The molecule has 1 heterocycles. The molecule has 0 radical (unpaired) electrons. The van der Waals surface area contributed by atoms with Crippen molar-refractivity contribution in [3.63, 3.8) is 0 Å². The average Bonchev–Trinajstić information content (AvgIpc) is 2.98. The van der Waals surface area contributed by atoms with Gasteiger partial charge in [0.2, 0.25) is 10.0 Å². The van der Waals surface area contributed by atoms with Crippen LogP contribution in [0.3, 0.4) is 0 Å². The van der Waals surface area contributed by atoms with Gasteiger partial charge in [0.15, 0.2) is 0 Å². The minimum Gasteiger partial charge on any atom is -0.478 e. The number of hydrogen-bond acceptors (Lipinski definition) is 5. The normalized spacial score (nSPS) is 18.6. The Kier molecular flexibility index (Phi) is 4.81. The van der Waals surface area contributed by atoms with E-state index in [1.807, 2.05) is 0 Å². The molecular formula is C13H18N2O5S. The number of anilines is 1. The SMILES string of the molecule is CNS(=O)(=O)c1ccc(NC[C@@H]2CCCO2)c(C(=O)O)c1. The van der Waals surface area contributed by atoms with E-state index in [0.29, 0.717) is 12.2 Å². The van der Waals surface area contributed by atoms with E-state index in [-0.39, 0.29) is 16.6 Å². The number of carboxylic acid groups (broad SMARTS) is 1. The molecule has 0 saturated carbocycles. The van der Waals surface area contributed by atoms with Crippen LogP contribution in [0.4, 0.5) is 5.69 Å². The van der Waals surface area contributed by atoms with E-state index < -0.39 is 16.0 Å². The molecule has 1 aliphatic rings. The van der Waals surface area contributed by atoms with Gasteiger partial charge in [-0.1, -0.05) is 0 Å². The first-order valence-corrected chi connectivity index (χ1v) is 8.08. The molecular weight excluding hydrogens is 296 g/mol. The number of rotatable bonds is 6. The van der Waals surface area contributed by atoms with Crippen LogP contribution in [-0.2, 0) is 14.8 Å². The standard InChI is InChI=1S/C13H18N2O5S/c1-14-21(18,19)10-4-5-12(11(7-10)13(16)17)15-8-9-3-2-6-20-9/h4-5,7,9,14-15H,2-3,6,8H2,1H3,(H,16,17)/t9-/m0/s1. The van der Waals surface area contributed by atoms with Crippen molar-refractivity contribution in [1.29, 1.82) is 0 Å². The van der Waals surface area contributed by atoms with E-state index in [1.165, 1.54) is 19.2 Å². The van der Waals surface area contributed by atoms with Crippen molar-refractivity contribution in [3.8, 4) is 0 Å². The molecule has 0 aliphatic carbocycles. The molecule has 0 aromatic heterocycles. The topological polar surface area (TPSA) is 105 Å². The second-order valence-corrected chi connectivity index (χ2v) is 6.62. The largest absolute Gasteiger partial charge is 0.478 e. The first-order chi connectivity index (χ1) is 9.94. The van der Waals surface area contributed by atoms with Crippen LogP contribution >= 0.6 is 0 Å². The Balaban J connectivity index is 2.22. The predicted molar refractivity (Wildman–Crippen MR) is 77.1 cm³/mol. The molecule has 2 rings (SSSR count). The van der Waals surface area contributed by atoms with Gasteiger partial charge in [-0.15, -0.1) is 0 Å². The van der Waals surface area contributed by atoms with Crippen LogP contribution in [0.1, 0.15) is 23.2 Å². The van der Waals surface area contributed by atoms with E-state index in [0.717, 1.165) is 25.5 Å². The molecule has 21 heavy (non-hydrogen) atoms. The first kappa shape index (κ1) is 15.7. The van der Waals surface area contributed by atoms with Gasteiger partial charge in [0, 0.05) is 18.8 Å². The summed E-state index contributed by atoms with van der Waals surface area (Å²) in [6.07, 6.45) is 1.99. The number of benzene rings is 1. The van der Waals surface area contributed by atoms with Crippen molar-refractivity contribution in [1.82, 2.24) is 4.72 Å². The maximum atomic E-state index is 11.7. The Hall–Kier alpha value is -1.64. The maximum Gasteiger partial charge on any atom is 0.337 e. The Bertz CT molecular complexity index is 623. The van der Waals surface area contributed by atoms with Gasteiger partial charge in [0.05, 0.1) is 16.6 Å². The summed E-state index contributed by atoms with van der Waals surface area (Å²) in [5.74, 6) is -1.18. The van der Waals surface area contributed by atoms with E-state index in [1.54, 1.807) is 0 Å². The van der Waals surface area contributed by atoms with Gasteiger partial charge in [-0.3, -0.25) is 0 Å². The van der Waals surface area contributed by atoms with E-state index >= 15 is 0 Å². The van der Waals surface area contributed by atoms with Crippen molar-refractivity contribution in [2.75, 3.05) is 25.5 Å². The third kappa shape index (κ3) is 3.72. The molecule has 1 fully saturated rings. The minimum absolute atomic E-state index is 0.0624. The lowest BCUT2D eigenvalue weighted by molar-refractivity contribution is 0.0697. The second-order valence-electron chi connectivity index (χ2n) is 4.74. The summed E-state index contributed by atoms with van der Waals surface area (Å²) in [4.78, 5) is 11.2. The molecule has 1 aromatic carbocycles. The Morgan fingerprint density at radius 2 is 2.24 bits per heavy atom. The fourth-order valence-electron chi connectivity index (χ4n) is 2.17. The first-order valence-electron chi connectivity index (χ1n) is 6.60. The molecule has 1 atom stereocenters. The highest BCUT2D eigenvalue weighted by molar-refractivity contribution is 7.89. The van der Waals surface area contributed by atoms with Gasteiger partial charge < -0.3 is 15.2 Å². The number of hydrogen-bond donors (Lipinski definition) is 3. The predicted octanol–water partition coefficient (Wildman–Crippen LogP) is 0.884. The lowest BCUT2D eigenvalue weighted by Gasteiger charge is -2.14. The highest BCUT2D eigenvalue weighted by Crippen LogP contribution is 2.21. The quantitative estimate of drug-likeness (QED) is 0.720. The summed E-state index contributed by atoms with van der Waals surface area (Å²) < 4.78 is 31.0. The number of carbonyl (C=O) groups is 1. The fourth-order valence-corrected chi connectivity index (χ4v) is 2.92. The Morgan fingerprint density at radius 3 is 2.81 bits per heavy atom. The van der Waals surface area contributed by atoms with Crippen molar-refractivity contribution >= 4 is 21.7 Å². The van der Waals surface area contributed by atoms with Crippen molar-refractivity contribution in [2.45, 2.75) is 23.8 Å². The van der Waals surface area contributed by atoms with Crippen LogP contribution in [-0.4, -0.2) is 45.8 Å². The van der Waals surface area contributed by atoms with Gasteiger partial charge in [0.1, 0.15) is 0 Å². The number of ether oxygens (including phenoxy) is 1.